The zero-order valence-electron chi connectivity index (χ0n) is 16.4. The summed E-state index contributed by atoms with van der Waals surface area (Å²) < 4.78 is 0. The topological polar surface area (TPSA) is 147 Å². The van der Waals surface area contributed by atoms with E-state index in [0.29, 0.717) is 24.2 Å². The number of fused-ring (bicyclic) bond motifs is 3. The van der Waals surface area contributed by atoms with Crippen molar-refractivity contribution in [2.24, 2.45) is 17.4 Å². The lowest BCUT2D eigenvalue weighted by atomic mass is 9.81. The highest BCUT2D eigenvalue weighted by Gasteiger charge is 2.41. The van der Waals surface area contributed by atoms with Crippen molar-refractivity contribution < 1.29 is 24.6 Å². The van der Waals surface area contributed by atoms with Gasteiger partial charge in [-0.2, -0.15) is 0 Å². The van der Waals surface area contributed by atoms with Crippen molar-refractivity contribution in [3.63, 3.8) is 0 Å². The van der Waals surface area contributed by atoms with Crippen molar-refractivity contribution >= 4 is 17.5 Å². The van der Waals surface area contributed by atoms with E-state index in [1.807, 2.05) is 0 Å². The van der Waals surface area contributed by atoms with E-state index in [1.54, 1.807) is 17.0 Å². The number of hydrogen-bond donors (Lipinski definition) is 4. The van der Waals surface area contributed by atoms with Crippen molar-refractivity contribution in [1.82, 2.24) is 4.90 Å². The van der Waals surface area contributed by atoms with Crippen LogP contribution in [0.2, 0.25) is 0 Å². The minimum Gasteiger partial charge on any atom is -0.507 e. The molecule has 0 bridgehead atoms. The number of phenols is 2. The Morgan fingerprint density at radius 3 is 1.73 bits per heavy atom. The number of phenolic OH excluding ortho intramolecular Hbond substituents is 2. The molecule has 0 spiro atoms. The average molecular weight is 409 g/mol. The van der Waals surface area contributed by atoms with Crippen molar-refractivity contribution in [2.75, 3.05) is 26.2 Å². The van der Waals surface area contributed by atoms with E-state index >= 15 is 0 Å². The van der Waals surface area contributed by atoms with Gasteiger partial charge >= 0.3 is 0 Å². The second-order valence-electron chi connectivity index (χ2n) is 7.62. The van der Waals surface area contributed by atoms with Crippen LogP contribution in [-0.4, -0.2) is 58.8 Å². The maximum absolute atomic E-state index is 13.0. The fourth-order valence-electron chi connectivity index (χ4n) is 4.50. The molecule has 2 aromatic rings. The first kappa shape index (κ1) is 20.1. The van der Waals surface area contributed by atoms with Crippen LogP contribution < -0.4 is 11.5 Å². The van der Waals surface area contributed by atoms with Gasteiger partial charge < -0.3 is 26.6 Å². The highest BCUT2D eigenvalue weighted by molar-refractivity contribution is 6.30. The molecule has 8 nitrogen and oxygen atoms in total. The van der Waals surface area contributed by atoms with Gasteiger partial charge in [-0.15, -0.1) is 0 Å². The van der Waals surface area contributed by atoms with Gasteiger partial charge in [0.05, 0.1) is 11.1 Å². The quantitative estimate of drug-likeness (QED) is 0.444. The first-order valence-electron chi connectivity index (χ1n) is 9.87. The molecule has 6 N–H and O–H groups in total. The minimum atomic E-state index is -0.536. The van der Waals surface area contributed by atoms with Crippen molar-refractivity contribution in [3.05, 3.63) is 57.6 Å². The van der Waals surface area contributed by atoms with Gasteiger partial charge in [0.25, 0.3) is 0 Å². The van der Waals surface area contributed by atoms with Gasteiger partial charge in [0, 0.05) is 54.4 Å². The Morgan fingerprint density at radius 2 is 1.33 bits per heavy atom. The van der Waals surface area contributed by atoms with Crippen LogP contribution in [0.25, 0.3) is 0 Å². The minimum absolute atomic E-state index is 0.162. The van der Waals surface area contributed by atoms with Crippen LogP contribution in [0.3, 0.4) is 0 Å². The van der Waals surface area contributed by atoms with E-state index in [2.05, 4.69) is 0 Å². The SMILES string of the molecule is NCCN(CCN)C(=O)C1Cc2c(O)c3c(c(O)c2C1)C(=O)c1ccccc1C3=O. The van der Waals surface area contributed by atoms with Gasteiger partial charge in [-0.1, -0.05) is 24.3 Å². The summed E-state index contributed by atoms with van der Waals surface area (Å²) in [7, 11) is 0. The third-order valence-electron chi connectivity index (χ3n) is 5.89. The largest absolute Gasteiger partial charge is 0.507 e. The number of amides is 1. The van der Waals surface area contributed by atoms with Crippen LogP contribution >= 0.6 is 0 Å². The van der Waals surface area contributed by atoms with E-state index in [9.17, 15) is 24.6 Å². The Bertz CT molecular complexity index is 1000. The van der Waals surface area contributed by atoms with Crippen LogP contribution in [0, 0.1) is 5.92 Å². The molecule has 2 aliphatic carbocycles. The molecule has 0 atom stereocenters. The Balaban J connectivity index is 1.77. The molecule has 0 heterocycles. The van der Waals surface area contributed by atoms with Gasteiger partial charge in [-0.25, -0.2) is 0 Å². The Morgan fingerprint density at radius 1 is 0.900 bits per heavy atom. The van der Waals surface area contributed by atoms with Gasteiger partial charge in [-0.3, -0.25) is 14.4 Å². The molecule has 0 aliphatic heterocycles. The van der Waals surface area contributed by atoms with Crippen LogP contribution in [0.15, 0.2) is 24.3 Å². The smallest absolute Gasteiger partial charge is 0.226 e. The fraction of sp³-hybridized carbons (Fsp3) is 0.318. The number of carbonyl (C=O) groups excluding carboxylic acids is 3. The highest BCUT2D eigenvalue weighted by Crippen LogP contribution is 2.47. The van der Waals surface area contributed by atoms with Crippen LogP contribution in [0.4, 0.5) is 0 Å². The third kappa shape index (κ3) is 2.88. The first-order valence-corrected chi connectivity index (χ1v) is 9.87. The molecule has 0 saturated heterocycles. The van der Waals surface area contributed by atoms with Gasteiger partial charge in [0.1, 0.15) is 11.5 Å². The van der Waals surface area contributed by atoms with Gasteiger partial charge in [0.15, 0.2) is 11.6 Å². The maximum Gasteiger partial charge on any atom is 0.226 e. The van der Waals surface area contributed by atoms with Crippen LogP contribution in [0.5, 0.6) is 11.5 Å². The zero-order chi connectivity index (χ0) is 21.6. The van der Waals surface area contributed by atoms with Gasteiger partial charge in [0.2, 0.25) is 5.91 Å². The average Bonchev–Trinajstić information content (AvgIpc) is 3.20. The number of rotatable bonds is 5. The Kier molecular flexibility index (Phi) is 5.05. The maximum atomic E-state index is 13.0. The van der Waals surface area contributed by atoms with Crippen molar-refractivity contribution in [1.29, 1.82) is 0 Å². The van der Waals surface area contributed by atoms with E-state index in [1.165, 1.54) is 12.1 Å². The molecule has 4 rings (SSSR count). The summed E-state index contributed by atoms with van der Waals surface area (Å²) in [6, 6.07) is 6.31. The van der Waals surface area contributed by atoms with Crippen molar-refractivity contribution in [2.45, 2.75) is 12.8 Å². The van der Waals surface area contributed by atoms with E-state index in [-0.39, 0.29) is 65.6 Å². The summed E-state index contributed by atoms with van der Waals surface area (Å²) in [5.41, 5.74) is 11.9. The molecule has 2 aliphatic rings. The van der Waals surface area contributed by atoms with Crippen LogP contribution in [-0.2, 0) is 17.6 Å². The molecule has 2 aromatic carbocycles. The number of carbonyl (C=O) groups is 3. The zero-order valence-corrected chi connectivity index (χ0v) is 16.4. The molecular weight excluding hydrogens is 386 g/mol. The number of hydrogen-bond acceptors (Lipinski definition) is 7. The summed E-state index contributed by atoms with van der Waals surface area (Å²) in [6.07, 6.45) is 0.325. The van der Waals surface area contributed by atoms with E-state index < -0.39 is 17.5 Å². The number of benzene rings is 2. The van der Waals surface area contributed by atoms with Crippen LogP contribution in [0.1, 0.15) is 43.0 Å². The first-order chi connectivity index (χ1) is 14.4. The summed E-state index contributed by atoms with van der Waals surface area (Å²) in [5, 5.41) is 21.8. The summed E-state index contributed by atoms with van der Waals surface area (Å²) in [4.78, 5) is 40.5. The second kappa shape index (κ2) is 7.55. The number of nitrogens with two attached hydrogens (primary N) is 2. The number of nitrogens with zero attached hydrogens (tertiary/aromatic N) is 1. The fourth-order valence-corrected chi connectivity index (χ4v) is 4.50. The predicted octanol–water partition coefficient (Wildman–Crippen LogP) is 0.334. The lowest BCUT2D eigenvalue weighted by Crippen LogP contribution is -2.42. The third-order valence-corrected chi connectivity index (χ3v) is 5.89. The van der Waals surface area contributed by atoms with Gasteiger partial charge in [-0.05, 0) is 12.8 Å². The molecule has 156 valence electrons. The Hall–Kier alpha value is -3.23. The summed E-state index contributed by atoms with van der Waals surface area (Å²) >= 11 is 0. The molecule has 1 amide bonds. The monoisotopic (exact) mass is 409 g/mol. The number of ketones is 2. The highest BCUT2D eigenvalue weighted by atomic mass is 16.3. The molecule has 0 unspecified atom stereocenters. The molecule has 0 fully saturated rings. The normalized spacial score (nSPS) is 15.0. The molecular formula is C22H23N3O5. The number of aromatic hydroxyl groups is 2. The molecule has 0 aromatic heterocycles. The lowest BCUT2D eigenvalue weighted by Gasteiger charge is -2.24. The van der Waals surface area contributed by atoms with E-state index in [4.69, 9.17) is 11.5 Å². The molecule has 0 radical (unpaired) electrons. The summed E-state index contributed by atoms with van der Waals surface area (Å²) in [6.45, 7) is 1.28. The Labute approximate surface area is 173 Å². The summed E-state index contributed by atoms with van der Waals surface area (Å²) in [5.74, 6) is -2.40. The second-order valence-corrected chi connectivity index (χ2v) is 7.62. The van der Waals surface area contributed by atoms with E-state index in [0.717, 1.165) is 0 Å². The molecule has 30 heavy (non-hydrogen) atoms. The molecule has 0 saturated carbocycles. The molecule has 8 heteroatoms. The lowest BCUT2D eigenvalue weighted by molar-refractivity contribution is -0.135. The predicted molar refractivity (Wildman–Crippen MR) is 109 cm³/mol. The van der Waals surface area contributed by atoms with Crippen molar-refractivity contribution in [3.8, 4) is 11.5 Å². The standard InChI is InChI=1S/C22H23N3O5/c23-5-7-25(8-6-24)22(30)11-9-14-15(10-11)21(29)17-16(20(14)28)18(26)12-3-1-2-4-13(12)19(17)27/h1-4,11,28-29H,5-10,23-24H2.